The van der Waals surface area contributed by atoms with Gasteiger partial charge in [0.05, 0.1) is 7.11 Å². The normalized spacial score (nSPS) is 10.4. The molecule has 0 aliphatic rings. The topological polar surface area (TPSA) is 132 Å². The quantitative estimate of drug-likeness (QED) is 0.500. The van der Waals surface area contributed by atoms with Gasteiger partial charge in [0.2, 0.25) is 0 Å². The van der Waals surface area contributed by atoms with Crippen molar-refractivity contribution in [2.75, 3.05) is 20.3 Å². The Morgan fingerprint density at radius 1 is 1.10 bits per heavy atom. The number of aromatic amines is 1. The summed E-state index contributed by atoms with van der Waals surface area (Å²) in [5, 5.41) is 12.9. The number of primary amides is 1. The minimum Gasteiger partial charge on any atom is -0.493 e. The molecule has 2 aromatic carbocycles. The maximum atomic E-state index is 12.0. The molecule has 1 heterocycles. The number of H-pyrrole nitrogens is 1. The summed E-state index contributed by atoms with van der Waals surface area (Å²) in [6, 6.07) is 14.8. The minimum atomic E-state index is -0.694. The molecule has 0 radical (unpaired) electrons. The third-order valence-electron chi connectivity index (χ3n) is 4.16. The van der Waals surface area contributed by atoms with Gasteiger partial charge in [0.1, 0.15) is 5.69 Å². The minimum absolute atomic E-state index is 0.0264. The Labute approximate surface area is 167 Å². The molecule has 29 heavy (non-hydrogen) atoms. The van der Waals surface area contributed by atoms with Gasteiger partial charge >= 0.3 is 0 Å². The molecule has 3 aromatic rings. The number of carbonyl (C=O) groups is 2. The fraction of sp³-hybridized carbons (Fsp3) is 0.200. The molecule has 4 N–H and O–H groups in total. The van der Waals surface area contributed by atoms with E-state index in [4.69, 9.17) is 15.2 Å². The van der Waals surface area contributed by atoms with Crippen LogP contribution in [-0.2, 0) is 11.2 Å². The van der Waals surface area contributed by atoms with Crippen molar-refractivity contribution in [3.05, 3.63) is 59.8 Å². The van der Waals surface area contributed by atoms with E-state index >= 15 is 0 Å². The second kappa shape index (κ2) is 9.36. The van der Waals surface area contributed by atoms with Crippen LogP contribution < -0.4 is 20.5 Å². The van der Waals surface area contributed by atoms with Gasteiger partial charge in [0.25, 0.3) is 11.8 Å². The molecule has 9 nitrogen and oxygen atoms in total. The van der Waals surface area contributed by atoms with Crippen LogP contribution in [0.4, 0.5) is 0 Å². The fourth-order valence-electron chi connectivity index (χ4n) is 2.72. The molecule has 2 amide bonds. The highest BCUT2D eigenvalue weighted by Crippen LogP contribution is 2.32. The van der Waals surface area contributed by atoms with Crippen LogP contribution in [0.5, 0.6) is 11.5 Å². The Hall–Kier alpha value is -3.88. The lowest BCUT2D eigenvalue weighted by atomic mass is 10.1. The molecular weight excluding hydrogens is 374 g/mol. The second-order valence-corrected chi connectivity index (χ2v) is 6.12. The van der Waals surface area contributed by atoms with Gasteiger partial charge in [-0.3, -0.25) is 9.59 Å². The molecule has 0 unspecified atom stereocenters. The Morgan fingerprint density at radius 2 is 1.90 bits per heavy atom. The number of nitrogens with one attached hydrogen (secondary N) is 2. The highest BCUT2D eigenvalue weighted by atomic mass is 16.5. The summed E-state index contributed by atoms with van der Waals surface area (Å²) < 4.78 is 10.9. The number of hydrogen-bond donors (Lipinski definition) is 3. The average Bonchev–Trinajstić information content (AvgIpc) is 3.23. The van der Waals surface area contributed by atoms with Crippen molar-refractivity contribution >= 4 is 11.8 Å². The van der Waals surface area contributed by atoms with Crippen LogP contribution in [0.15, 0.2) is 48.5 Å². The highest BCUT2D eigenvalue weighted by Gasteiger charge is 2.17. The lowest BCUT2D eigenvalue weighted by Crippen LogP contribution is -2.30. The maximum absolute atomic E-state index is 12.0. The lowest BCUT2D eigenvalue weighted by Gasteiger charge is -2.12. The van der Waals surface area contributed by atoms with Crippen molar-refractivity contribution < 1.29 is 19.1 Å². The number of nitrogens with two attached hydrogens (primary N) is 1. The first-order valence-corrected chi connectivity index (χ1v) is 8.91. The Kier molecular flexibility index (Phi) is 6.41. The molecule has 0 saturated carbocycles. The zero-order valence-corrected chi connectivity index (χ0v) is 15.8. The molecule has 0 aliphatic carbocycles. The van der Waals surface area contributed by atoms with E-state index < -0.39 is 5.91 Å². The second-order valence-electron chi connectivity index (χ2n) is 6.12. The van der Waals surface area contributed by atoms with Gasteiger partial charge < -0.3 is 20.5 Å². The lowest BCUT2D eigenvalue weighted by molar-refractivity contribution is -0.123. The molecule has 0 bridgehead atoms. The van der Waals surface area contributed by atoms with E-state index in [-0.39, 0.29) is 18.2 Å². The monoisotopic (exact) mass is 395 g/mol. The number of methoxy groups -OCH3 is 1. The average molecular weight is 395 g/mol. The van der Waals surface area contributed by atoms with E-state index in [1.807, 2.05) is 30.3 Å². The molecule has 150 valence electrons. The smallest absolute Gasteiger partial charge is 0.271 e. The largest absolute Gasteiger partial charge is 0.493 e. The first-order chi connectivity index (χ1) is 14.1. The molecule has 0 saturated heterocycles. The third kappa shape index (κ3) is 5.10. The Morgan fingerprint density at radius 3 is 2.62 bits per heavy atom. The van der Waals surface area contributed by atoms with E-state index in [0.29, 0.717) is 29.3 Å². The third-order valence-corrected chi connectivity index (χ3v) is 4.16. The first-order valence-electron chi connectivity index (χ1n) is 8.91. The molecule has 9 heteroatoms. The van der Waals surface area contributed by atoms with Crippen molar-refractivity contribution in [3.8, 4) is 22.8 Å². The molecular formula is C20H21N5O4. The zero-order chi connectivity index (χ0) is 20.6. The summed E-state index contributed by atoms with van der Waals surface area (Å²) in [6.45, 7) is 0.366. The molecule has 0 spiro atoms. The standard InChI is InChI=1S/C20H21N5O4/c1-28-16-11-14(18-19(20(21)27)24-25-23-18)7-8-15(16)29-12-17(26)22-10-9-13-5-3-2-4-6-13/h2-8,11H,9-10,12H2,1H3,(H2,21,27)(H,22,26)(H,23,24,25). The van der Waals surface area contributed by atoms with Crippen molar-refractivity contribution in [2.45, 2.75) is 6.42 Å². The number of amides is 2. The van der Waals surface area contributed by atoms with Gasteiger partial charge in [0, 0.05) is 12.1 Å². The van der Waals surface area contributed by atoms with Crippen molar-refractivity contribution in [2.24, 2.45) is 5.73 Å². The SMILES string of the molecule is COc1cc(-c2n[nH]nc2C(N)=O)ccc1OCC(=O)NCCc1ccccc1. The van der Waals surface area contributed by atoms with Crippen LogP contribution in [-0.4, -0.2) is 47.5 Å². The first kappa shape index (κ1) is 19.9. The van der Waals surface area contributed by atoms with Gasteiger partial charge in [-0.05, 0) is 30.2 Å². The van der Waals surface area contributed by atoms with Gasteiger partial charge in [-0.1, -0.05) is 30.3 Å². The summed E-state index contributed by atoms with van der Waals surface area (Å²) in [5.74, 6) is -0.156. The number of rotatable bonds is 9. The number of carbonyl (C=O) groups excluding carboxylic acids is 2. The summed E-state index contributed by atoms with van der Waals surface area (Å²) in [5.41, 5.74) is 7.35. The van der Waals surface area contributed by atoms with Crippen LogP contribution in [0.1, 0.15) is 16.1 Å². The van der Waals surface area contributed by atoms with Crippen molar-refractivity contribution in [1.82, 2.24) is 20.7 Å². The molecule has 0 atom stereocenters. The summed E-state index contributed by atoms with van der Waals surface area (Å²) in [4.78, 5) is 23.5. The molecule has 1 aromatic heterocycles. The van der Waals surface area contributed by atoms with Crippen LogP contribution in [0.25, 0.3) is 11.3 Å². The van der Waals surface area contributed by atoms with E-state index in [1.54, 1.807) is 18.2 Å². The number of aromatic nitrogens is 3. The van der Waals surface area contributed by atoms with Gasteiger partial charge in [-0.15, -0.1) is 0 Å². The zero-order valence-electron chi connectivity index (χ0n) is 15.8. The van der Waals surface area contributed by atoms with Crippen LogP contribution in [0.2, 0.25) is 0 Å². The molecule has 0 fully saturated rings. The summed E-state index contributed by atoms with van der Waals surface area (Å²) >= 11 is 0. The molecule has 3 rings (SSSR count). The van der Waals surface area contributed by atoms with E-state index in [2.05, 4.69) is 20.7 Å². The van der Waals surface area contributed by atoms with E-state index in [0.717, 1.165) is 12.0 Å². The summed E-state index contributed by atoms with van der Waals surface area (Å²) in [6.07, 6.45) is 0.741. The number of hydrogen-bond acceptors (Lipinski definition) is 6. The highest BCUT2D eigenvalue weighted by molar-refractivity contribution is 5.96. The van der Waals surface area contributed by atoms with Crippen LogP contribution >= 0.6 is 0 Å². The fourth-order valence-corrected chi connectivity index (χ4v) is 2.72. The van der Waals surface area contributed by atoms with Gasteiger partial charge in [-0.25, -0.2) is 0 Å². The van der Waals surface area contributed by atoms with Gasteiger partial charge in [-0.2, -0.15) is 15.4 Å². The predicted octanol–water partition coefficient (Wildman–Crippen LogP) is 1.32. The predicted molar refractivity (Wildman–Crippen MR) is 106 cm³/mol. The summed E-state index contributed by atoms with van der Waals surface area (Å²) in [7, 11) is 1.48. The maximum Gasteiger partial charge on any atom is 0.271 e. The molecule has 0 aliphatic heterocycles. The Bertz CT molecular complexity index is 988. The van der Waals surface area contributed by atoms with Crippen LogP contribution in [0, 0.1) is 0 Å². The van der Waals surface area contributed by atoms with Crippen molar-refractivity contribution in [3.63, 3.8) is 0 Å². The van der Waals surface area contributed by atoms with E-state index in [1.165, 1.54) is 7.11 Å². The van der Waals surface area contributed by atoms with E-state index in [9.17, 15) is 9.59 Å². The number of ether oxygens (including phenoxy) is 2. The van der Waals surface area contributed by atoms with Crippen molar-refractivity contribution in [1.29, 1.82) is 0 Å². The number of nitrogens with zero attached hydrogens (tertiary/aromatic N) is 2. The Balaban J connectivity index is 1.58. The van der Waals surface area contributed by atoms with Gasteiger partial charge in [0.15, 0.2) is 23.8 Å². The number of benzene rings is 2. The van der Waals surface area contributed by atoms with Crippen LogP contribution in [0.3, 0.4) is 0 Å².